The number of methoxy groups -OCH3 is 1. The summed E-state index contributed by atoms with van der Waals surface area (Å²) < 4.78 is 13.4. The van der Waals surface area contributed by atoms with Crippen LogP contribution in [0.5, 0.6) is 5.75 Å². The van der Waals surface area contributed by atoms with Crippen LogP contribution in [0.3, 0.4) is 0 Å². The van der Waals surface area contributed by atoms with Crippen LogP contribution in [-0.4, -0.2) is 24.4 Å². The van der Waals surface area contributed by atoms with E-state index >= 15 is 0 Å². The van der Waals surface area contributed by atoms with E-state index in [-0.39, 0.29) is 6.10 Å². The Kier molecular flexibility index (Phi) is 5.18. The van der Waals surface area contributed by atoms with Crippen molar-refractivity contribution in [1.29, 1.82) is 0 Å². The zero-order valence-corrected chi connectivity index (χ0v) is 15.6. The number of hydrogen-bond donors (Lipinski definition) is 0. The minimum absolute atomic E-state index is 0.266. The van der Waals surface area contributed by atoms with E-state index in [1.807, 2.05) is 30.3 Å². The van der Waals surface area contributed by atoms with Crippen molar-refractivity contribution in [3.05, 3.63) is 64.8 Å². The van der Waals surface area contributed by atoms with Crippen molar-refractivity contribution in [3.63, 3.8) is 0 Å². The Morgan fingerprint density at radius 3 is 2.65 bits per heavy atom. The lowest BCUT2D eigenvalue weighted by molar-refractivity contribution is 0.0968. The summed E-state index contributed by atoms with van der Waals surface area (Å²) in [5, 5.41) is 2.19. The summed E-state index contributed by atoms with van der Waals surface area (Å²) in [7, 11) is 1.67. The number of nitrogens with zero attached hydrogens (tertiary/aromatic N) is 2. The lowest BCUT2D eigenvalue weighted by Gasteiger charge is -2.14. The number of aromatic nitrogens is 1. The predicted molar refractivity (Wildman–Crippen MR) is 105 cm³/mol. The zero-order chi connectivity index (χ0) is 17.8. The lowest BCUT2D eigenvalue weighted by Crippen LogP contribution is -2.23. The number of benzene rings is 2. The molecule has 1 aromatic heterocycles. The van der Waals surface area contributed by atoms with Crippen LogP contribution in [0.2, 0.25) is 0 Å². The van der Waals surface area contributed by atoms with Gasteiger partial charge in [0, 0.05) is 12.0 Å². The van der Waals surface area contributed by atoms with Gasteiger partial charge in [0.25, 0.3) is 0 Å². The molecule has 1 atom stereocenters. The smallest absolute Gasteiger partial charge is 0.190 e. The molecule has 0 radical (unpaired) electrons. The third kappa shape index (κ3) is 3.74. The van der Waals surface area contributed by atoms with Gasteiger partial charge in [-0.2, -0.15) is 0 Å². The molecule has 1 fully saturated rings. The molecule has 0 amide bonds. The lowest BCUT2D eigenvalue weighted by atomic mass is 10.1. The standard InChI is InChI=1S/C21H22N2O2S/c1-24-18-11-9-17(10-12-18)22-21-23(14-19-8-5-13-25-19)20(15-26-21)16-6-3-2-4-7-16/h2-4,6-7,9-12,15,19H,5,8,13-14H2,1H3/t19-/m0/s1. The van der Waals surface area contributed by atoms with Crippen molar-refractivity contribution in [2.45, 2.75) is 25.5 Å². The molecule has 26 heavy (non-hydrogen) atoms. The molecule has 134 valence electrons. The number of rotatable bonds is 5. The van der Waals surface area contributed by atoms with Crippen LogP contribution in [0.4, 0.5) is 5.69 Å². The third-order valence-electron chi connectivity index (χ3n) is 4.57. The molecule has 2 aromatic carbocycles. The molecule has 5 heteroatoms. The summed E-state index contributed by atoms with van der Waals surface area (Å²) >= 11 is 1.67. The van der Waals surface area contributed by atoms with Crippen LogP contribution < -0.4 is 9.54 Å². The molecule has 1 aliphatic heterocycles. The van der Waals surface area contributed by atoms with Gasteiger partial charge in [-0.05, 0) is 42.7 Å². The Labute approximate surface area is 157 Å². The highest BCUT2D eigenvalue weighted by Gasteiger charge is 2.19. The molecule has 0 aliphatic carbocycles. The molecule has 0 bridgehead atoms. The Balaban J connectivity index is 1.75. The van der Waals surface area contributed by atoms with Crippen LogP contribution in [0.1, 0.15) is 12.8 Å². The van der Waals surface area contributed by atoms with Crippen LogP contribution >= 0.6 is 11.3 Å². The van der Waals surface area contributed by atoms with E-state index in [0.717, 1.165) is 42.2 Å². The number of hydrogen-bond acceptors (Lipinski definition) is 4. The Morgan fingerprint density at radius 1 is 1.15 bits per heavy atom. The fourth-order valence-corrected chi connectivity index (χ4v) is 4.13. The second kappa shape index (κ2) is 7.89. The highest BCUT2D eigenvalue weighted by molar-refractivity contribution is 7.07. The van der Waals surface area contributed by atoms with Crippen molar-refractivity contribution in [1.82, 2.24) is 4.57 Å². The first-order valence-electron chi connectivity index (χ1n) is 8.87. The minimum Gasteiger partial charge on any atom is -0.497 e. The van der Waals surface area contributed by atoms with Gasteiger partial charge in [-0.25, -0.2) is 4.99 Å². The molecule has 0 N–H and O–H groups in total. The Bertz CT molecular complexity index is 907. The molecule has 3 aromatic rings. The molecule has 0 unspecified atom stereocenters. The summed E-state index contributed by atoms with van der Waals surface area (Å²) in [5.74, 6) is 0.840. The van der Waals surface area contributed by atoms with Crippen molar-refractivity contribution in [3.8, 4) is 17.0 Å². The van der Waals surface area contributed by atoms with Gasteiger partial charge < -0.3 is 14.0 Å². The van der Waals surface area contributed by atoms with Gasteiger partial charge in [-0.3, -0.25) is 0 Å². The topological polar surface area (TPSA) is 35.8 Å². The van der Waals surface area contributed by atoms with Gasteiger partial charge in [0.05, 0.1) is 31.1 Å². The summed E-state index contributed by atoms with van der Waals surface area (Å²) in [6.07, 6.45) is 2.52. The van der Waals surface area contributed by atoms with Crippen molar-refractivity contribution >= 4 is 17.0 Å². The summed E-state index contributed by atoms with van der Waals surface area (Å²) in [5.41, 5.74) is 3.32. The maximum absolute atomic E-state index is 5.88. The first-order chi connectivity index (χ1) is 12.8. The fraction of sp³-hybridized carbons (Fsp3) is 0.286. The zero-order valence-electron chi connectivity index (χ0n) is 14.8. The van der Waals surface area contributed by atoms with Crippen LogP contribution in [0, 0.1) is 0 Å². The summed E-state index contributed by atoms with van der Waals surface area (Å²) in [4.78, 5) is 5.87. The molecular weight excluding hydrogens is 344 g/mol. The minimum atomic E-state index is 0.266. The van der Waals surface area contributed by atoms with Gasteiger partial charge in [0.15, 0.2) is 4.80 Å². The van der Waals surface area contributed by atoms with E-state index in [0.29, 0.717) is 0 Å². The second-order valence-corrected chi connectivity index (χ2v) is 7.16. The first kappa shape index (κ1) is 17.1. The van der Waals surface area contributed by atoms with Crippen LogP contribution in [0.25, 0.3) is 11.3 Å². The number of thiazole rings is 1. The predicted octanol–water partition coefficient (Wildman–Crippen LogP) is 4.64. The van der Waals surface area contributed by atoms with Gasteiger partial charge >= 0.3 is 0 Å². The van der Waals surface area contributed by atoms with Crippen molar-refractivity contribution < 1.29 is 9.47 Å². The van der Waals surface area contributed by atoms with Crippen molar-refractivity contribution in [2.75, 3.05) is 13.7 Å². The fourth-order valence-electron chi connectivity index (χ4n) is 3.19. The maximum atomic E-state index is 5.88. The van der Waals surface area contributed by atoms with Gasteiger partial charge in [-0.15, -0.1) is 11.3 Å². The first-order valence-corrected chi connectivity index (χ1v) is 9.75. The maximum Gasteiger partial charge on any atom is 0.190 e. The molecule has 1 saturated heterocycles. The molecule has 0 saturated carbocycles. The average molecular weight is 366 g/mol. The molecule has 2 heterocycles. The second-order valence-electron chi connectivity index (χ2n) is 6.33. The quantitative estimate of drug-likeness (QED) is 0.660. The number of ether oxygens (including phenoxy) is 2. The molecule has 0 spiro atoms. The molecule has 1 aliphatic rings. The summed E-state index contributed by atoms with van der Waals surface area (Å²) in [6.45, 7) is 1.70. The average Bonchev–Trinajstić information content (AvgIpc) is 3.34. The van der Waals surface area contributed by atoms with E-state index in [1.165, 1.54) is 11.3 Å². The van der Waals surface area contributed by atoms with Gasteiger partial charge in [0.2, 0.25) is 0 Å². The van der Waals surface area contributed by atoms with E-state index in [2.05, 4.69) is 34.2 Å². The molecular formula is C21H22N2O2S. The van der Waals surface area contributed by atoms with Crippen LogP contribution in [-0.2, 0) is 11.3 Å². The van der Waals surface area contributed by atoms with Gasteiger partial charge in [0.1, 0.15) is 5.75 Å². The highest BCUT2D eigenvalue weighted by atomic mass is 32.1. The van der Waals surface area contributed by atoms with E-state index in [4.69, 9.17) is 14.5 Å². The highest BCUT2D eigenvalue weighted by Crippen LogP contribution is 2.23. The monoisotopic (exact) mass is 366 g/mol. The Hall–Kier alpha value is -2.37. The molecule has 4 rings (SSSR count). The van der Waals surface area contributed by atoms with Crippen molar-refractivity contribution in [2.24, 2.45) is 4.99 Å². The van der Waals surface area contributed by atoms with Crippen LogP contribution in [0.15, 0.2) is 65.0 Å². The largest absolute Gasteiger partial charge is 0.497 e. The SMILES string of the molecule is COc1ccc(N=c2scc(-c3ccccc3)n2C[C@@H]2CCCO2)cc1. The third-order valence-corrected chi connectivity index (χ3v) is 5.44. The summed E-state index contributed by atoms with van der Waals surface area (Å²) in [6, 6.07) is 18.3. The molecule has 4 nitrogen and oxygen atoms in total. The van der Waals surface area contributed by atoms with E-state index in [1.54, 1.807) is 18.4 Å². The Morgan fingerprint density at radius 2 is 1.96 bits per heavy atom. The van der Waals surface area contributed by atoms with Gasteiger partial charge in [-0.1, -0.05) is 30.3 Å². The van der Waals surface area contributed by atoms with E-state index in [9.17, 15) is 0 Å². The normalized spacial score (nSPS) is 17.6. The van der Waals surface area contributed by atoms with E-state index < -0.39 is 0 Å².